The Kier molecular flexibility index (Phi) is 6.88. The van der Waals surface area contributed by atoms with E-state index in [1.807, 2.05) is 36.7 Å². The number of hydrogen-bond acceptors (Lipinski definition) is 4. The van der Waals surface area contributed by atoms with Crippen LogP contribution in [-0.2, 0) is 13.0 Å². The Morgan fingerprint density at radius 1 is 1.13 bits per heavy atom. The number of anilines is 1. The molecule has 0 aliphatic rings. The second kappa shape index (κ2) is 9.16. The molecule has 1 aromatic carbocycles. The van der Waals surface area contributed by atoms with E-state index in [0.717, 1.165) is 37.4 Å². The van der Waals surface area contributed by atoms with Crippen molar-refractivity contribution in [2.75, 3.05) is 18.9 Å². The lowest BCUT2D eigenvalue weighted by Gasteiger charge is -2.12. The summed E-state index contributed by atoms with van der Waals surface area (Å²) in [5.74, 6) is 1.29. The molecule has 0 aliphatic heterocycles. The zero-order valence-electron chi connectivity index (χ0n) is 14.1. The van der Waals surface area contributed by atoms with Gasteiger partial charge in [-0.25, -0.2) is 0 Å². The van der Waals surface area contributed by atoms with Crippen molar-refractivity contribution in [3.63, 3.8) is 0 Å². The van der Waals surface area contributed by atoms with Crippen LogP contribution in [0, 0.1) is 5.92 Å². The van der Waals surface area contributed by atoms with Gasteiger partial charge in [0, 0.05) is 18.9 Å². The first-order valence-electron chi connectivity index (χ1n) is 8.26. The lowest BCUT2D eigenvalue weighted by atomic mass is 10.1. The standard InChI is InChI=1S/C19H27N3O/c1-15(2)14-23-19-6-5-16(12-18(19)20)4-3-9-22-13-17-7-10-21-11-8-17/h5-8,10-12,15,22H,3-4,9,13-14,20H2,1-2H3. The van der Waals surface area contributed by atoms with E-state index in [1.165, 1.54) is 11.1 Å². The van der Waals surface area contributed by atoms with Crippen molar-refractivity contribution in [3.8, 4) is 5.75 Å². The first-order chi connectivity index (χ1) is 11.1. The Hall–Kier alpha value is -2.07. The largest absolute Gasteiger partial charge is 0.491 e. The van der Waals surface area contributed by atoms with Crippen molar-refractivity contribution >= 4 is 5.69 Å². The summed E-state index contributed by atoms with van der Waals surface area (Å²) in [6, 6.07) is 10.2. The lowest BCUT2D eigenvalue weighted by molar-refractivity contribution is 0.272. The minimum Gasteiger partial charge on any atom is -0.491 e. The third kappa shape index (κ3) is 6.28. The summed E-state index contributed by atoms with van der Waals surface area (Å²) in [5, 5.41) is 3.45. The monoisotopic (exact) mass is 313 g/mol. The van der Waals surface area contributed by atoms with Gasteiger partial charge in [-0.05, 0) is 60.7 Å². The van der Waals surface area contributed by atoms with Crippen LogP contribution in [0.3, 0.4) is 0 Å². The molecule has 0 saturated heterocycles. The zero-order valence-corrected chi connectivity index (χ0v) is 14.1. The van der Waals surface area contributed by atoms with Crippen molar-refractivity contribution in [1.29, 1.82) is 0 Å². The molecule has 0 radical (unpaired) electrons. The molecule has 23 heavy (non-hydrogen) atoms. The third-order valence-electron chi connectivity index (χ3n) is 3.54. The molecule has 0 unspecified atom stereocenters. The molecule has 0 amide bonds. The molecule has 0 fully saturated rings. The lowest BCUT2D eigenvalue weighted by Crippen LogP contribution is -2.15. The molecule has 4 heteroatoms. The quantitative estimate of drug-likeness (QED) is 0.550. The van der Waals surface area contributed by atoms with E-state index in [9.17, 15) is 0 Å². The van der Waals surface area contributed by atoms with E-state index < -0.39 is 0 Å². The summed E-state index contributed by atoms with van der Waals surface area (Å²) in [6.07, 6.45) is 5.74. The summed E-state index contributed by atoms with van der Waals surface area (Å²) in [6.45, 7) is 6.82. The Morgan fingerprint density at radius 2 is 1.91 bits per heavy atom. The van der Waals surface area contributed by atoms with E-state index in [0.29, 0.717) is 12.5 Å². The number of aromatic nitrogens is 1. The molecule has 0 saturated carbocycles. The van der Waals surface area contributed by atoms with Crippen LogP contribution >= 0.6 is 0 Å². The highest BCUT2D eigenvalue weighted by Crippen LogP contribution is 2.23. The van der Waals surface area contributed by atoms with Crippen LogP contribution in [-0.4, -0.2) is 18.1 Å². The van der Waals surface area contributed by atoms with E-state index in [4.69, 9.17) is 10.5 Å². The second-order valence-electron chi connectivity index (χ2n) is 6.21. The smallest absolute Gasteiger partial charge is 0.142 e. The maximum Gasteiger partial charge on any atom is 0.142 e. The average Bonchev–Trinajstić information content (AvgIpc) is 2.54. The number of hydrogen-bond donors (Lipinski definition) is 2. The number of benzene rings is 1. The average molecular weight is 313 g/mol. The van der Waals surface area contributed by atoms with Gasteiger partial charge in [0.25, 0.3) is 0 Å². The van der Waals surface area contributed by atoms with Crippen LogP contribution in [0.25, 0.3) is 0 Å². The van der Waals surface area contributed by atoms with E-state index in [1.54, 1.807) is 0 Å². The van der Waals surface area contributed by atoms with Gasteiger partial charge in [0.1, 0.15) is 5.75 Å². The predicted octanol–water partition coefficient (Wildman–Crippen LogP) is 3.42. The highest BCUT2D eigenvalue weighted by atomic mass is 16.5. The molecule has 124 valence electrons. The van der Waals surface area contributed by atoms with Crippen molar-refractivity contribution in [3.05, 3.63) is 53.9 Å². The summed E-state index contributed by atoms with van der Waals surface area (Å²) in [4.78, 5) is 4.02. The van der Waals surface area contributed by atoms with Gasteiger partial charge in [0.05, 0.1) is 12.3 Å². The molecular formula is C19H27N3O. The fraction of sp³-hybridized carbons (Fsp3) is 0.421. The van der Waals surface area contributed by atoms with Gasteiger partial charge < -0.3 is 15.8 Å². The topological polar surface area (TPSA) is 60.2 Å². The molecule has 2 aromatic rings. The Bertz CT molecular complexity index is 584. The number of nitrogens with zero attached hydrogens (tertiary/aromatic N) is 1. The minimum atomic E-state index is 0.501. The first-order valence-corrected chi connectivity index (χ1v) is 8.26. The van der Waals surface area contributed by atoms with Gasteiger partial charge in [-0.2, -0.15) is 0 Å². The zero-order chi connectivity index (χ0) is 16.5. The number of nitrogens with one attached hydrogen (secondary N) is 1. The molecule has 1 aromatic heterocycles. The molecule has 2 rings (SSSR count). The van der Waals surface area contributed by atoms with Crippen molar-refractivity contribution in [2.45, 2.75) is 33.2 Å². The van der Waals surface area contributed by atoms with Crippen LogP contribution in [0.4, 0.5) is 5.69 Å². The summed E-state index contributed by atoms with van der Waals surface area (Å²) in [5.41, 5.74) is 9.31. The summed E-state index contributed by atoms with van der Waals surface area (Å²) >= 11 is 0. The normalized spacial score (nSPS) is 10.9. The molecule has 0 spiro atoms. The van der Waals surface area contributed by atoms with Gasteiger partial charge in [-0.15, -0.1) is 0 Å². The molecule has 0 aliphatic carbocycles. The fourth-order valence-corrected chi connectivity index (χ4v) is 2.29. The number of pyridine rings is 1. The van der Waals surface area contributed by atoms with Crippen LogP contribution in [0.15, 0.2) is 42.7 Å². The van der Waals surface area contributed by atoms with Crippen LogP contribution < -0.4 is 15.8 Å². The molecule has 4 nitrogen and oxygen atoms in total. The third-order valence-corrected chi connectivity index (χ3v) is 3.54. The van der Waals surface area contributed by atoms with Gasteiger partial charge in [0.15, 0.2) is 0 Å². The van der Waals surface area contributed by atoms with Crippen LogP contribution in [0.2, 0.25) is 0 Å². The first kappa shape index (κ1) is 17.3. The van der Waals surface area contributed by atoms with E-state index in [-0.39, 0.29) is 0 Å². The van der Waals surface area contributed by atoms with Gasteiger partial charge in [-0.1, -0.05) is 19.9 Å². The van der Waals surface area contributed by atoms with E-state index in [2.05, 4.69) is 30.2 Å². The van der Waals surface area contributed by atoms with Gasteiger partial charge >= 0.3 is 0 Å². The number of nitrogen functional groups attached to an aromatic ring is 1. The Morgan fingerprint density at radius 3 is 2.61 bits per heavy atom. The highest BCUT2D eigenvalue weighted by Gasteiger charge is 2.03. The number of nitrogens with two attached hydrogens (primary N) is 1. The number of ether oxygens (including phenoxy) is 1. The Labute approximate surface area is 139 Å². The molecular weight excluding hydrogens is 286 g/mol. The minimum absolute atomic E-state index is 0.501. The maximum absolute atomic E-state index is 6.07. The summed E-state index contributed by atoms with van der Waals surface area (Å²) < 4.78 is 5.70. The number of rotatable bonds is 9. The van der Waals surface area contributed by atoms with E-state index >= 15 is 0 Å². The molecule has 3 N–H and O–H groups in total. The Balaban J connectivity index is 1.70. The SMILES string of the molecule is CC(C)COc1ccc(CCCNCc2ccncc2)cc1N. The fourth-order valence-electron chi connectivity index (χ4n) is 2.29. The molecule has 1 heterocycles. The molecule has 0 atom stereocenters. The second-order valence-corrected chi connectivity index (χ2v) is 6.21. The van der Waals surface area contributed by atoms with Gasteiger partial charge in [-0.3, -0.25) is 4.98 Å². The summed E-state index contributed by atoms with van der Waals surface area (Å²) in [7, 11) is 0. The van der Waals surface area contributed by atoms with Crippen LogP contribution in [0.5, 0.6) is 5.75 Å². The van der Waals surface area contributed by atoms with Crippen molar-refractivity contribution in [2.24, 2.45) is 5.92 Å². The van der Waals surface area contributed by atoms with Crippen LogP contribution in [0.1, 0.15) is 31.4 Å². The van der Waals surface area contributed by atoms with Crippen molar-refractivity contribution < 1.29 is 4.74 Å². The van der Waals surface area contributed by atoms with Gasteiger partial charge in [0.2, 0.25) is 0 Å². The van der Waals surface area contributed by atoms with Crippen molar-refractivity contribution in [1.82, 2.24) is 10.3 Å². The number of aryl methyl sites for hydroxylation is 1. The predicted molar refractivity (Wildman–Crippen MR) is 95.5 cm³/mol. The highest BCUT2D eigenvalue weighted by molar-refractivity contribution is 5.54. The molecule has 0 bridgehead atoms. The maximum atomic E-state index is 6.07.